The third kappa shape index (κ3) is 4.52. The zero-order chi connectivity index (χ0) is 15.8. The summed E-state index contributed by atoms with van der Waals surface area (Å²) in [6.07, 6.45) is 1.23. The predicted octanol–water partition coefficient (Wildman–Crippen LogP) is 2.95. The van der Waals surface area contributed by atoms with Crippen LogP contribution in [0.15, 0.2) is 48.5 Å². The first kappa shape index (κ1) is 15.9. The van der Waals surface area contributed by atoms with Crippen LogP contribution in [0.5, 0.6) is 11.5 Å². The van der Waals surface area contributed by atoms with Crippen LogP contribution in [-0.4, -0.2) is 20.1 Å². The lowest BCUT2D eigenvalue weighted by Crippen LogP contribution is -2.23. The van der Waals surface area contributed by atoms with Gasteiger partial charge in [0.2, 0.25) is 5.91 Å². The Morgan fingerprint density at radius 2 is 1.68 bits per heavy atom. The number of hydrogen-bond donors (Lipinski definition) is 1. The van der Waals surface area contributed by atoms with E-state index in [9.17, 15) is 4.79 Å². The van der Waals surface area contributed by atoms with Gasteiger partial charge in [-0.1, -0.05) is 36.4 Å². The van der Waals surface area contributed by atoms with Crippen LogP contribution in [-0.2, 0) is 17.8 Å². The molecule has 0 saturated heterocycles. The van der Waals surface area contributed by atoms with Crippen molar-refractivity contribution >= 4 is 5.91 Å². The molecule has 0 radical (unpaired) electrons. The van der Waals surface area contributed by atoms with E-state index in [0.29, 0.717) is 24.5 Å². The zero-order valence-corrected chi connectivity index (χ0v) is 13.0. The molecule has 2 aromatic rings. The predicted molar refractivity (Wildman–Crippen MR) is 86.2 cm³/mol. The molecule has 0 atom stereocenters. The molecule has 0 aliphatic heterocycles. The summed E-state index contributed by atoms with van der Waals surface area (Å²) in [4.78, 5) is 11.9. The van der Waals surface area contributed by atoms with Gasteiger partial charge in [-0.05, 0) is 29.7 Å². The smallest absolute Gasteiger partial charge is 0.220 e. The number of hydrogen-bond acceptors (Lipinski definition) is 3. The van der Waals surface area contributed by atoms with E-state index in [1.54, 1.807) is 14.2 Å². The Morgan fingerprint density at radius 1 is 0.955 bits per heavy atom. The van der Waals surface area contributed by atoms with Crippen LogP contribution in [0.4, 0.5) is 0 Å². The second-order valence-electron chi connectivity index (χ2n) is 4.95. The van der Waals surface area contributed by atoms with Gasteiger partial charge in [-0.25, -0.2) is 0 Å². The van der Waals surface area contributed by atoms with Gasteiger partial charge in [0.15, 0.2) is 11.5 Å². The third-order valence-corrected chi connectivity index (χ3v) is 3.42. The molecule has 4 nitrogen and oxygen atoms in total. The van der Waals surface area contributed by atoms with Crippen LogP contribution >= 0.6 is 0 Å². The summed E-state index contributed by atoms with van der Waals surface area (Å²) in [6.45, 7) is 0.480. The number of methoxy groups -OCH3 is 2. The van der Waals surface area contributed by atoms with Gasteiger partial charge in [-0.2, -0.15) is 0 Å². The van der Waals surface area contributed by atoms with E-state index in [1.165, 1.54) is 5.56 Å². The number of amides is 1. The van der Waals surface area contributed by atoms with Gasteiger partial charge in [0.25, 0.3) is 0 Å². The lowest BCUT2D eigenvalue weighted by molar-refractivity contribution is -0.121. The van der Waals surface area contributed by atoms with E-state index in [2.05, 4.69) is 5.32 Å². The fourth-order valence-corrected chi connectivity index (χ4v) is 2.18. The van der Waals surface area contributed by atoms with Gasteiger partial charge >= 0.3 is 0 Å². The van der Waals surface area contributed by atoms with Crippen LogP contribution in [0.2, 0.25) is 0 Å². The lowest BCUT2D eigenvalue weighted by Gasteiger charge is -2.10. The van der Waals surface area contributed by atoms with Crippen LogP contribution < -0.4 is 14.8 Å². The second-order valence-corrected chi connectivity index (χ2v) is 4.95. The minimum Gasteiger partial charge on any atom is -0.493 e. The van der Waals surface area contributed by atoms with E-state index >= 15 is 0 Å². The average molecular weight is 299 g/mol. The third-order valence-electron chi connectivity index (χ3n) is 3.42. The molecule has 0 unspecified atom stereocenters. The molecule has 0 spiro atoms. The Balaban J connectivity index is 1.83. The number of carbonyl (C=O) groups excluding carboxylic acids is 1. The summed E-state index contributed by atoms with van der Waals surface area (Å²) < 4.78 is 10.4. The van der Waals surface area contributed by atoms with Crippen molar-refractivity contribution < 1.29 is 14.3 Å². The molecule has 22 heavy (non-hydrogen) atoms. The second kappa shape index (κ2) is 8.08. The fourth-order valence-electron chi connectivity index (χ4n) is 2.18. The average Bonchev–Trinajstić information content (AvgIpc) is 2.58. The maximum absolute atomic E-state index is 11.9. The first-order chi connectivity index (χ1) is 10.7. The van der Waals surface area contributed by atoms with Gasteiger partial charge in [-0.3, -0.25) is 4.79 Å². The number of carbonyl (C=O) groups is 1. The molecule has 0 saturated carbocycles. The molecule has 1 N–H and O–H groups in total. The lowest BCUT2D eigenvalue weighted by atomic mass is 10.1. The highest BCUT2D eigenvalue weighted by atomic mass is 16.5. The van der Waals surface area contributed by atoms with Gasteiger partial charge in [0.1, 0.15) is 0 Å². The Bertz CT molecular complexity index is 611. The minimum absolute atomic E-state index is 0.0404. The normalized spacial score (nSPS) is 10.1. The Morgan fingerprint density at radius 3 is 2.36 bits per heavy atom. The quantitative estimate of drug-likeness (QED) is 0.855. The first-order valence-corrected chi connectivity index (χ1v) is 7.24. The van der Waals surface area contributed by atoms with E-state index in [1.807, 2.05) is 48.5 Å². The number of benzene rings is 2. The van der Waals surface area contributed by atoms with Gasteiger partial charge < -0.3 is 14.8 Å². The molecule has 0 fully saturated rings. The van der Waals surface area contributed by atoms with E-state index < -0.39 is 0 Å². The van der Waals surface area contributed by atoms with E-state index in [4.69, 9.17) is 9.47 Å². The van der Waals surface area contributed by atoms with Gasteiger partial charge in [0, 0.05) is 13.0 Å². The monoisotopic (exact) mass is 299 g/mol. The van der Waals surface area contributed by atoms with Crippen molar-refractivity contribution in [3.8, 4) is 11.5 Å². The van der Waals surface area contributed by atoms with Gasteiger partial charge in [0.05, 0.1) is 14.2 Å². The van der Waals surface area contributed by atoms with Crippen molar-refractivity contribution in [3.05, 3.63) is 59.7 Å². The SMILES string of the molecule is COc1ccc(CNC(=O)CCc2ccccc2)cc1OC. The first-order valence-electron chi connectivity index (χ1n) is 7.24. The van der Waals surface area contributed by atoms with Crippen molar-refractivity contribution in [1.29, 1.82) is 0 Å². The summed E-state index contributed by atoms with van der Waals surface area (Å²) in [5, 5.41) is 2.92. The molecule has 0 heterocycles. The zero-order valence-electron chi connectivity index (χ0n) is 13.0. The largest absolute Gasteiger partial charge is 0.493 e. The molecule has 0 aliphatic rings. The summed E-state index contributed by atoms with van der Waals surface area (Å²) in [5.41, 5.74) is 2.15. The maximum Gasteiger partial charge on any atom is 0.220 e. The topological polar surface area (TPSA) is 47.6 Å². The molecule has 1 amide bonds. The van der Waals surface area contributed by atoms with Crippen molar-refractivity contribution in [3.63, 3.8) is 0 Å². The maximum atomic E-state index is 11.9. The van der Waals surface area contributed by atoms with E-state index in [-0.39, 0.29) is 5.91 Å². The van der Waals surface area contributed by atoms with E-state index in [0.717, 1.165) is 12.0 Å². The highest BCUT2D eigenvalue weighted by Crippen LogP contribution is 2.27. The highest BCUT2D eigenvalue weighted by Gasteiger charge is 2.06. The van der Waals surface area contributed by atoms with Crippen LogP contribution in [0.25, 0.3) is 0 Å². The van der Waals surface area contributed by atoms with Crippen molar-refractivity contribution in [1.82, 2.24) is 5.32 Å². The number of ether oxygens (including phenoxy) is 2. The van der Waals surface area contributed by atoms with Crippen LogP contribution in [0.1, 0.15) is 17.5 Å². The van der Waals surface area contributed by atoms with Crippen molar-refractivity contribution in [2.75, 3.05) is 14.2 Å². The molecular formula is C18H21NO3. The Hall–Kier alpha value is -2.49. The Kier molecular flexibility index (Phi) is 5.83. The molecule has 116 valence electrons. The van der Waals surface area contributed by atoms with Crippen LogP contribution in [0, 0.1) is 0 Å². The van der Waals surface area contributed by atoms with Gasteiger partial charge in [-0.15, -0.1) is 0 Å². The number of rotatable bonds is 7. The fraction of sp³-hybridized carbons (Fsp3) is 0.278. The minimum atomic E-state index is 0.0404. The molecule has 2 aromatic carbocycles. The molecule has 2 rings (SSSR count). The molecule has 0 aromatic heterocycles. The molecule has 4 heteroatoms. The molecule has 0 aliphatic carbocycles. The summed E-state index contributed by atoms with van der Waals surface area (Å²) >= 11 is 0. The summed E-state index contributed by atoms with van der Waals surface area (Å²) in [7, 11) is 3.20. The van der Waals surface area contributed by atoms with Crippen molar-refractivity contribution in [2.24, 2.45) is 0 Å². The Labute approximate surface area is 131 Å². The summed E-state index contributed by atoms with van der Waals surface area (Å²) in [6, 6.07) is 15.6. The highest BCUT2D eigenvalue weighted by molar-refractivity contribution is 5.76. The summed E-state index contributed by atoms with van der Waals surface area (Å²) in [5.74, 6) is 1.39. The standard InChI is InChI=1S/C18H21NO3/c1-21-16-10-8-15(12-17(16)22-2)13-19-18(20)11-9-14-6-4-3-5-7-14/h3-8,10,12H,9,11,13H2,1-2H3,(H,19,20). The number of aryl methyl sites for hydroxylation is 1. The molecular weight excluding hydrogens is 278 g/mol. The van der Waals surface area contributed by atoms with Crippen molar-refractivity contribution in [2.45, 2.75) is 19.4 Å². The number of nitrogens with one attached hydrogen (secondary N) is 1. The van der Waals surface area contributed by atoms with Crippen LogP contribution in [0.3, 0.4) is 0 Å². The molecule has 0 bridgehead atoms.